The standard InChI is InChI=1S/C54H36N2S/c1-4-18-37(19-5-1)41-24-10-11-27-45(41)53-42(38-20-6-2-7-21-38)28-16-31-50(53)56(51-32-17-29-46-44-26-13-15-33-52(44)57-54(46)51)40-34-35-49-47(36-40)43-25-12-14-30-48(43)55(49)39-22-8-3-9-23-39/h1-36H. The van der Waals surface area contributed by atoms with Gasteiger partial charge in [0.25, 0.3) is 0 Å². The van der Waals surface area contributed by atoms with Crippen molar-refractivity contribution in [1.29, 1.82) is 0 Å². The van der Waals surface area contributed by atoms with Gasteiger partial charge in [-0.3, -0.25) is 0 Å². The van der Waals surface area contributed by atoms with Crippen LogP contribution in [0.3, 0.4) is 0 Å². The fourth-order valence-corrected chi connectivity index (χ4v) is 9.92. The molecule has 0 aliphatic carbocycles. The van der Waals surface area contributed by atoms with Gasteiger partial charge in [-0.2, -0.15) is 0 Å². The predicted octanol–water partition coefficient (Wildman–Crippen LogP) is 15.6. The quantitative estimate of drug-likeness (QED) is 0.158. The first-order valence-electron chi connectivity index (χ1n) is 19.4. The Morgan fingerprint density at radius 1 is 0.368 bits per heavy atom. The second kappa shape index (κ2) is 13.8. The van der Waals surface area contributed by atoms with Gasteiger partial charge in [0.1, 0.15) is 0 Å². The highest BCUT2D eigenvalue weighted by atomic mass is 32.1. The summed E-state index contributed by atoms with van der Waals surface area (Å²) in [5.41, 5.74) is 14.0. The fraction of sp³-hybridized carbons (Fsp3) is 0. The summed E-state index contributed by atoms with van der Waals surface area (Å²) >= 11 is 1.87. The second-order valence-corrected chi connectivity index (χ2v) is 15.5. The van der Waals surface area contributed by atoms with Crippen molar-refractivity contribution in [3.8, 4) is 39.1 Å². The van der Waals surface area contributed by atoms with E-state index in [0.29, 0.717) is 0 Å². The molecule has 9 aromatic carbocycles. The topological polar surface area (TPSA) is 8.17 Å². The van der Waals surface area contributed by atoms with Crippen molar-refractivity contribution < 1.29 is 0 Å². The molecule has 0 bridgehead atoms. The maximum Gasteiger partial charge on any atom is 0.0640 e. The van der Waals surface area contributed by atoms with Gasteiger partial charge in [-0.1, -0.05) is 164 Å². The first-order valence-corrected chi connectivity index (χ1v) is 20.3. The molecule has 0 aliphatic heterocycles. The number of thiophene rings is 1. The van der Waals surface area contributed by atoms with E-state index >= 15 is 0 Å². The van der Waals surface area contributed by atoms with Crippen LogP contribution in [0.25, 0.3) is 81.0 Å². The Morgan fingerprint density at radius 3 is 1.72 bits per heavy atom. The van der Waals surface area contributed by atoms with Crippen molar-refractivity contribution in [3.63, 3.8) is 0 Å². The van der Waals surface area contributed by atoms with Crippen LogP contribution in [-0.2, 0) is 0 Å². The molecule has 268 valence electrons. The van der Waals surface area contributed by atoms with Crippen LogP contribution >= 0.6 is 11.3 Å². The van der Waals surface area contributed by atoms with E-state index in [-0.39, 0.29) is 0 Å². The number of benzene rings is 9. The monoisotopic (exact) mass is 744 g/mol. The van der Waals surface area contributed by atoms with Crippen LogP contribution in [0, 0.1) is 0 Å². The molecule has 0 amide bonds. The van der Waals surface area contributed by atoms with Crippen LogP contribution in [0.2, 0.25) is 0 Å². The molecule has 0 aliphatic rings. The third kappa shape index (κ3) is 5.55. The van der Waals surface area contributed by atoms with Crippen molar-refractivity contribution in [2.24, 2.45) is 0 Å². The summed E-state index contributed by atoms with van der Waals surface area (Å²) in [5, 5.41) is 5.00. The first-order chi connectivity index (χ1) is 28.3. The van der Waals surface area contributed by atoms with Crippen molar-refractivity contribution in [2.45, 2.75) is 0 Å². The number of fused-ring (bicyclic) bond motifs is 6. The van der Waals surface area contributed by atoms with Gasteiger partial charge >= 0.3 is 0 Å². The highest BCUT2D eigenvalue weighted by Gasteiger charge is 2.25. The number of hydrogen-bond acceptors (Lipinski definition) is 2. The Morgan fingerprint density at radius 2 is 0.930 bits per heavy atom. The molecule has 0 saturated carbocycles. The molecule has 0 spiro atoms. The first kappa shape index (κ1) is 33.2. The van der Waals surface area contributed by atoms with Crippen molar-refractivity contribution in [2.75, 3.05) is 4.90 Å². The van der Waals surface area contributed by atoms with Gasteiger partial charge < -0.3 is 9.47 Å². The average molecular weight is 745 g/mol. The van der Waals surface area contributed by atoms with Crippen LogP contribution in [0.4, 0.5) is 17.1 Å². The van der Waals surface area contributed by atoms with Gasteiger partial charge in [0, 0.05) is 43.2 Å². The predicted molar refractivity (Wildman–Crippen MR) is 245 cm³/mol. The molecule has 3 heteroatoms. The molecular weight excluding hydrogens is 709 g/mol. The fourth-order valence-electron chi connectivity index (χ4n) is 8.71. The Hall–Kier alpha value is -7.20. The van der Waals surface area contributed by atoms with Gasteiger partial charge in [0.05, 0.1) is 27.1 Å². The van der Waals surface area contributed by atoms with Crippen LogP contribution in [-0.4, -0.2) is 4.57 Å². The van der Waals surface area contributed by atoms with Crippen molar-refractivity contribution in [1.82, 2.24) is 4.57 Å². The molecule has 0 unspecified atom stereocenters. The zero-order valence-corrected chi connectivity index (χ0v) is 31.9. The zero-order valence-electron chi connectivity index (χ0n) is 31.1. The van der Waals surface area contributed by atoms with Crippen LogP contribution in [0.15, 0.2) is 218 Å². The van der Waals surface area contributed by atoms with Gasteiger partial charge in [-0.15, -0.1) is 11.3 Å². The summed E-state index contributed by atoms with van der Waals surface area (Å²) in [5.74, 6) is 0. The molecule has 0 radical (unpaired) electrons. The molecule has 2 heterocycles. The SMILES string of the molecule is c1ccc(-c2ccccc2-c2c(-c3ccccc3)cccc2N(c2ccc3c(c2)c2ccccc2n3-c2ccccc2)c2cccc3c2sc2ccccc23)cc1. The number of rotatable bonds is 7. The van der Waals surface area contributed by atoms with E-state index in [1.54, 1.807) is 0 Å². The minimum atomic E-state index is 1.10. The smallest absolute Gasteiger partial charge is 0.0640 e. The minimum absolute atomic E-state index is 1.10. The molecule has 0 saturated heterocycles. The van der Waals surface area contributed by atoms with Crippen LogP contribution in [0.5, 0.6) is 0 Å². The summed E-state index contributed by atoms with van der Waals surface area (Å²) in [6.45, 7) is 0. The third-order valence-corrected chi connectivity index (χ3v) is 12.4. The van der Waals surface area contributed by atoms with Crippen LogP contribution in [0.1, 0.15) is 0 Å². The zero-order chi connectivity index (χ0) is 37.7. The lowest BCUT2D eigenvalue weighted by molar-refractivity contribution is 1.18. The van der Waals surface area contributed by atoms with Gasteiger partial charge in [0.15, 0.2) is 0 Å². The van der Waals surface area contributed by atoms with Gasteiger partial charge in [-0.05, 0) is 82.4 Å². The Labute approximate surface area is 335 Å². The molecular formula is C54H36N2S. The summed E-state index contributed by atoms with van der Waals surface area (Å²) in [4.78, 5) is 2.52. The molecule has 0 atom stereocenters. The summed E-state index contributed by atoms with van der Waals surface area (Å²) in [6.07, 6.45) is 0. The largest absolute Gasteiger partial charge is 0.309 e. The third-order valence-electron chi connectivity index (χ3n) is 11.2. The maximum absolute atomic E-state index is 2.52. The molecule has 2 nitrogen and oxygen atoms in total. The van der Waals surface area contributed by atoms with E-state index in [4.69, 9.17) is 0 Å². The molecule has 11 aromatic rings. The summed E-state index contributed by atoms with van der Waals surface area (Å²) < 4.78 is 4.94. The Bertz CT molecular complexity index is 3230. The van der Waals surface area contributed by atoms with Gasteiger partial charge in [0.2, 0.25) is 0 Å². The number of nitrogens with zero attached hydrogens (tertiary/aromatic N) is 2. The lowest BCUT2D eigenvalue weighted by Gasteiger charge is -2.30. The highest BCUT2D eigenvalue weighted by molar-refractivity contribution is 7.26. The number of anilines is 3. The number of hydrogen-bond donors (Lipinski definition) is 0. The van der Waals surface area contributed by atoms with E-state index in [0.717, 1.165) is 22.7 Å². The van der Waals surface area contributed by atoms with Gasteiger partial charge in [-0.25, -0.2) is 0 Å². The molecule has 0 N–H and O–H groups in total. The minimum Gasteiger partial charge on any atom is -0.309 e. The number of aromatic nitrogens is 1. The lowest BCUT2D eigenvalue weighted by atomic mass is 9.87. The Balaban J connectivity index is 1.26. The Kier molecular flexibility index (Phi) is 8.04. The van der Waals surface area contributed by atoms with Crippen molar-refractivity contribution >= 4 is 70.4 Å². The van der Waals surface area contributed by atoms with E-state index in [1.165, 1.54) is 75.4 Å². The summed E-state index contributed by atoms with van der Waals surface area (Å²) in [6, 6.07) is 79.5. The molecule has 0 fully saturated rings. The molecule has 2 aromatic heterocycles. The average Bonchev–Trinajstić information content (AvgIpc) is 3.84. The highest BCUT2D eigenvalue weighted by Crippen LogP contribution is 2.51. The van der Waals surface area contributed by atoms with E-state index in [1.807, 2.05) is 11.3 Å². The molecule has 11 rings (SSSR count). The van der Waals surface area contributed by atoms with E-state index in [2.05, 4.69) is 228 Å². The number of para-hydroxylation sites is 2. The normalized spacial score (nSPS) is 11.5. The van der Waals surface area contributed by atoms with Crippen LogP contribution < -0.4 is 4.90 Å². The maximum atomic E-state index is 2.52. The van der Waals surface area contributed by atoms with E-state index in [9.17, 15) is 0 Å². The van der Waals surface area contributed by atoms with Crippen molar-refractivity contribution in [3.05, 3.63) is 218 Å². The second-order valence-electron chi connectivity index (χ2n) is 14.5. The van der Waals surface area contributed by atoms with E-state index < -0.39 is 0 Å². The summed E-state index contributed by atoms with van der Waals surface area (Å²) in [7, 11) is 0. The molecule has 57 heavy (non-hydrogen) atoms. The lowest BCUT2D eigenvalue weighted by Crippen LogP contribution is -2.12.